The summed E-state index contributed by atoms with van der Waals surface area (Å²) in [4.78, 5) is 4.41. The second kappa shape index (κ2) is 5.08. The fraction of sp³-hybridized carbons (Fsp3) is 0.500. The first kappa shape index (κ1) is 10.4. The van der Waals surface area contributed by atoms with E-state index in [2.05, 4.69) is 35.3 Å². The van der Waals surface area contributed by atoms with Crippen LogP contribution in [-0.4, -0.2) is 23.0 Å². The van der Waals surface area contributed by atoms with Gasteiger partial charge in [-0.15, -0.1) is 12.4 Å². The van der Waals surface area contributed by atoms with Crippen LogP contribution in [-0.2, 0) is 0 Å². The van der Waals surface area contributed by atoms with Gasteiger partial charge in [0.1, 0.15) is 0 Å². The molecule has 0 fully saturated rings. The van der Waals surface area contributed by atoms with E-state index < -0.39 is 0 Å². The van der Waals surface area contributed by atoms with Gasteiger partial charge in [0.25, 0.3) is 0 Å². The molecule has 64 valence electrons. The Morgan fingerprint density at radius 1 is 1.45 bits per heavy atom. The Kier molecular flexibility index (Phi) is 4.79. The van der Waals surface area contributed by atoms with E-state index in [1.165, 1.54) is 0 Å². The maximum absolute atomic E-state index is 2.25. The zero-order valence-corrected chi connectivity index (χ0v) is 7.84. The highest BCUT2D eigenvalue weighted by atomic mass is 35.5. The molecule has 1 heterocycles. The third-order valence-corrected chi connectivity index (χ3v) is 1.56. The average Bonchev–Trinajstić information content (AvgIpc) is 2.37. The Morgan fingerprint density at radius 3 is 2.64 bits per heavy atom. The van der Waals surface area contributed by atoms with Gasteiger partial charge in [-0.3, -0.25) is 0 Å². The number of allylic oxidation sites excluding steroid dienone is 1. The second-order valence-corrected chi connectivity index (χ2v) is 2.34. The van der Waals surface area contributed by atoms with Gasteiger partial charge in [0, 0.05) is 25.1 Å². The molecule has 0 aromatic carbocycles. The monoisotopic (exact) mass is 174 g/mol. The summed E-state index contributed by atoms with van der Waals surface area (Å²) in [5, 5.41) is 0. The standard InChI is InChI=1S/C8H14N2.ClH/c1-3-5-10-7-6-9(4-2)8-10;/h3,5-7H,4,8H2,1-2H3;1H. The topological polar surface area (TPSA) is 6.48 Å². The molecule has 0 saturated heterocycles. The Labute approximate surface area is 74.6 Å². The first-order chi connectivity index (χ1) is 4.86. The molecule has 1 rings (SSSR count). The van der Waals surface area contributed by atoms with Crippen molar-refractivity contribution in [1.29, 1.82) is 0 Å². The Balaban J connectivity index is 0.000001000. The van der Waals surface area contributed by atoms with E-state index in [0.717, 1.165) is 13.2 Å². The van der Waals surface area contributed by atoms with Gasteiger partial charge in [-0.2, -0.15) is 0 Å². The summed E-state index contributed by atoms with van der Waals surface area (Å²) in [7, 11) is 0. The average molecular weight is 175 g/mol. The van der Waals surface area contributed by atoms with Crippen molar-refractivity contribution in [3.05, 3.63) is 24.7 Å². The summed E-state index contributed by atoms with van der Waals surface area (Å²) in [5.41, 5.74) is 0. The Morgan fingerprint density at radius 2 is 2.18 bits per heavy atom. The fourth-order valence-corrected chi connectivity index (χ4v) is 0.978. The van der Waals surface area contributed by atoms with Crippen LogP contribution in [0.2, 0.25) is 0 Å². The van der Waals surface area contributed by atoms with Crippen LogP contribution < -0.4 is 0 Å². The Hall–Kier alpha value is -0.630. The van der Waals surface area contributed by atoms with Crippen molar-refractivity contribution in [1.82, 2.24) is 9.80 Å². The van der Waals surface area contributed by atoms with Crippen molar-refractivity contribution in [3.8, 4) is 0 Å². The molecule has 0 spiro atoms. The third kappa shape index (κ3) is 2.85. The van der Waals surface area contributed by atoms with Gasteiger partial charge in [0.05, 0.1) is 6.67 Å². The van der Waals surface area contributed by atoms with E-state index in [0.29, 0.717) is 0 Å². The van der Waals surface area contributed by atoms with Crippen molar-refractivity contribution < 1.29 is 0 Å². The van der Waals surface area contributed by atoms with Crippen molar-refractivity contribution in [2.24, 2.45) is 0 Å². The molecule has 1 aliphatic heterocycles. The number of hydrogen-bond donors (Lipinski definition) is 0. The largest absolute Gasteiger partial charge is 0.359 e. The van der Waals surface area contributed by atoms with Gasteiger partial charge in [-0.1, -0.05) is 6.08 Å². The lowest BCUT2D eigenvalue weighted by atomic mass is 10.6. The first-order valence-electron chi connectivity index (χ1n) is 3.67. The highest BCUT2D eigenvalue weighted by molar-refractivity contribution is 5.85. The van der Waals surface area contributed by atoms with Gasteiger partial charge in [-0.25, -0.2) is 0 Å². The quantitative estimate of drug-likeness (QED) is 0.632. The van der Waals surface area contributed by atoms with Crippen LogP contribution >= 0.6 is 12.4 Å². The van der Waals surface area contributed by atoms with E-state index in [-0.39, 0.29) is 12.4 Å². The number of rotatable bonds is 2. The van der Waals surface area contributed by atoms with Gasteiger partial charge in [-0.05, 0) is 13.8 Å². The van der Waals surface area contributed by atoms with Crippen molar-refractivity contribution in [3.63, 3.8) is 0 Å². The summed E-state index contributed by atoms with van der Waals surface area (Å²) < 4.78 is 0. The van der Waals surface area contributed by atoms with Crippen LogP contribution in [0, 0.1) is 0 Å². The van der Waals surface area contributed by atoms with E-state index in [9.17, 15) is 0 Å². The van der Waals surface area contributed by atoms with Crippen molar-refractivity contribution >= 4 is 12.4 Å². The molecule has 0 amide bonds. The normalized spacial score (nSPS) is 16.2. The molecule has 2 nitrogen and oxygen atoms in total. The molecule has 0 atom stereocenters. The van der Waals surface area contributed by atoms with Crippen molar-refractivity contribution in [2.75, 3.05) is 13.2 Å². The lowest BCUT2D eigenvalue weighted by Crippen LogP contribution is -2.21. The molecular weight excluding hydrogens is 160 g/mol. The summed E-state index contributed by atoms with van der Waals surface area (Å²) in [6.07, 6.45) is 8.32. The van der Waals surface area contributed by atoms with Gasteiger partial charge < -0.3 is 9.80 Å². The predicted octanol–water partition coefficient (Wildman–Crippen LogP) is 2.01. The van der Waals surface area contributed by atoms with E-state index in [4.69, 9.17) is 0 Å². The molecule has 0 radical (unpaired) electrons. The first-order valence-corrected chi connectivity index (χ1v) is 3.67. The SMILES string of the molecule is CC=CN1C=CN(CC)C1.Cl. The number of nitrogens with zero attached hydrogens (tertiary/aromatic N) is 2. The molecule has 0 aromatic rings. The maximum atomic E-state index is 2.25. The predicted molar refractivity (Wildman–Crippen MR) is 50.3 cm³/mol. The van der Waals surface area contributed by atoms with Crippen LogP contribution in [0.4, 0.5) is 0 Å². The zero-order valence-electron chi connectivity index (χ0n) is 7.03. The van der Waals surface area contributed by atoms with E-state index in [1.807, 2.05) is 13.0 Å². The Bertz CT molecular complexity index is 154. The zero-order chi connectivity index (χ0) is 7.40. The van der Waals surface area contributed by atoms with Gasteiger partial charge in [0.15, 0.2) is 0 Å². The minimum atomic E-state index is 0. The minimum Gasteiger partial charge on any atom is -0.359 e. The number of hydrogen-bond acceptors (Lipinski definition) is 2. The van der Waals surface area contributed by atoms with Crippen LogP contribution in [0.25, 0.3) is 0 Å². The molecule has 3 heteroatoms. The van der Waals surface area contributed by atoms with E-state index >= 15 is 0 Å². The molecule has 11 heavy (non-hydrogen) atoms. The maximum Gasteiger partial charge on any atom is 0.0935 e. The molecule has 1 aliphatic rings. The highest BCUT2D eigenvalue weighted by Crippen LogP contribution is 2.05. The van der Waals surface area contributed by atoms with Crippen LogP contribution in [0.15, 0.2) is 24.7 Å². The molecule has 0 unspecified atom stereocenters. The molecule has 0 N–H and O–H groups in total. The molecule has 0 aromatic heterocycles. The van der Waals surface area contributed by atoms with Gasteiger partial charge in [0.2, 0.25) is 0 Å². The second-order valence-electron chi connectivity index (χ2n) is 2.34. The van der Waals surface area contributed by atoms with Crippen LogP contribution in [0.3, 0.4) is 0 Å². The highest BCUT2D eigenvalue weighted by Gasteiger charge is 2.05. The lowest BCUT2D eigenvalue weighted by Gasteiger charge is -2.15. The molecule has 0 saturated carbocycles. The third-order valence-electron chi connectivity index (χ3n) is 1.56. The summed E-state index contributed by atoms with van der Waals surface area (Å²) in [6.45, 7) is 6.28. The van der Waals surface area contributed by atoms with Crippen LogP contribution in [0.1, 0.15) is 13.8 Å². The van der Waals surface area contributed by atoms with Crippen molar-refractivity contribution in [2.45, 2.75) is 13.8 Å². The smallest absolute Gasteiger partial charge is 0.0935 e. The van der Waals surface area contributed by atoms with Gasteiger partial charge >= 0.3 is 0 Å². The minimum absolute atomic E-state index is 0. The number of halogens is 1. The molecule has 0 aliphatic carbocycles. The molecule has 0 bridgehead atoms. The lowest BCUT2D eigenvalue weighted by molar-refractivity contribution is 0.327. The molecular formula is C8H15ClN2. The summed E-state index contributed by atoms with van der Waals surface area (Å²) >= 11 is 0. The summed E-state index contributed by atoms with van der Waals surface area (Å²) in [6, 6.07) is 0. The summed E-state index contributed by atoms with van der Waals surface area (Å²) in [5.74, 6) is 0. The van der Waals surface area contributed by atoms with Crippen LogP contribution in [0.5, 0.6) is 0 Å². The van der Waals surface area contributed by atoms with E-state index in [1.54, 1.807) is 0 Å². The fourth-order valence-electron chi connectivity index (χ4n) is 0.978.